The Morgan fingerprint density at radius 3 is 2.74 bits per heavy atom. The van der Waals surface area contributed by atoms with Crippen molar-refractivity contribution in [1.29, 1.82) is 0 Å². The van der Waals surface area contributed by atoms with Crippen LogP contribution in [-0.2, 0) is 0 Å². The molecule has 2 N–H and O–H groups in total. The summed E-state index contributed by atoms with van der Waals surface area (Å²) < 4.78 is 5.27. The van der Waals surface area contributed by atoms with Crippen LogP contribution in [-0.4, -0.2) is 5.16 Å². The molecule has 100 valence electrons. The minimum Gasteiger partial charge on any atom is -0.367 e. The smallest absolute Gasteiger partial charge is 0.230 e. The van der Waals surface area contributed by atoms with E-state index in [0.29, 0.717) is 11.8 Å². The number of nitrogen functional groups attached to an aromatic ring is 1. The lowest BCUT2D eigenvalue weighted by Crippen LogP contribution is -2.06. The standard InChI is InChI=1S/C16H20N2O/c1-11-6-5-9-13(10-11)14-15(18-19-16(14)17)12-7-3-2-4-8-12/h5-6,9-10,12H,2-4,7-8,17H2,1H3. The number of anilines is 1. The molecule has 3 nitrogen and oxygen atoms in total. The van der Waals surface area contributed by atoms with Gasteiger partial charge in [-0.3, -0.25) is 0 Å². The van der Waals surface area contributed by atoms with Crippen molar-refractivity contribution in [2.75, 3.05) is 5.73 Å². The van der Waals surface area contributed by atoms with Crippen molar-refractivity contribution in [3.8, 4) is 11.1 Å². The van der Waals surface area contributed by atoms with E-state index in [-0.39, 0.29) is 0 Å². The van der Waals surface area contributed by atoms with Crippen LogP contribution in [0.25, 0.3) is 11.1 Å². The molecule has 0 aliphatic heterocycles. The molecule has 1 saturated carbocycles. The molecular weight excluding hydrogens is 236 g/mol. The molecular formula is C16H20N2O. The Balaban J connectivity index is 2.03. The fourth-order valence-electron chi connectivity index (χ4n) is 3.06. The fraction of sp³-hybridized carbons (Fsp3) is 0.438. The normalized spacial score (nSPS) is 16.7. The van der Waals surface area contributed by atoms with Crippen LogP contribution in [0.1, 0.15) is 49.3 Å². The monoisotopic (exact) mass is 256 g/mol. The summed E-state index contributed by atoms with van der Waals surface area (Å²) in [4.78, 5) is 0. The van der Waals surface area contributed by atoms with Gasteiger partial charge in [0.2, 0.25) is 5.88 Å². The molecule has 1 fully saturated rings. The van der Waals surface area contributed by atoms with Gasteiger partial charge in [0.05, 0.1) is 11.3 Å². The van der Waals surface area contributed by atoms with Gasteiger partial charge in [-0.2, -0.15) is 0 Å². The first kappa shape index (κ1) is 12.3. The van der Waals surface area contributed by atoms with Crippen LogP contribution < -0.4 is 5.73 Å². The molecule has 0 bridgehead atoms. The molecule has 0 saturated heterocycles. The maximum Gasteiger partial charge on any atom is 0.230 e. The average Bonchev–Trinajstić information content (AvgIpc) is 2.82. The van der Waals surface area contributed by atoms with Gasteiger partial charge in [0.1, 0.15) is 0 Å². The van der Waals surface area contributed by atoms with Gasteiger partial charge in [-0.1, -0.05) is 54.2 Å². The van der Waals surface area contributed by atoms with Crippen LogP contribution >= 0.6 is 0 Å². The number of aryl methyl sites for hydroxylation is 1. The lowest BCUT2D eigenvalue weighted by atomic mass is 9.84. The highest BCUT2D eigenvalue weighted by atomic mass is 16.5. The van der Waals surface area contributed by atoms with Crippen molar-refractivity contribution in [1.82, 2.24) is 5.16 Å². The second-order valence-corrected chi connectivity index (χ2v) is 5.51. The number of nitrogens with zero attached hydrogens (tertiary/aromatic N) is 1. The van der Waals surface area contributed by atoms with E-state index in [1.54, 1.807) is 0 Å². The molecule has 0 atom stereocenters. The molecule has 1 aromatic heterocycles. The minimum atomic E-state index is 0.450. The number of hydrogen-bond donors (Lipinski definition) is 1. The zero-order valence-corrected chi connectivity index (χ0v) is 11.4. The van der Waals surface area contributed by atoms with Crippen LogP contribution in [0.5, 0.6) is 0 Å². The van der Waals surface area contributed by atoms with Gasteiger partial charge < -0.3 is 10.3 Å². The molecule has 3 rings (SSSR count). The lowest BCUT2D eigenvalue weighted by molar-refractivity contribution is 0.388. The average molecular weight is 256 g/mol. The predicted octanol–water partition coefficient (Wildman–Crippen LogP) is 4.28. The van der Waals surface area contributed by atoms with Gasteiger partial charge in [-0.05, 0) is 25.3 Å². The van der Waals surface area contributed by atoms with E-state index in [9.17, 15) is 0 Å². The first-order valence-corrected chi connectivity index (χ1v) is 7.08. The van der Waals surface area contributed by atoms with Crippen molar-refractivity contribution < 1.29 is 4.52 Å². The Kier molecular flexibility index (Phi) is 3.28. The molecule has 1 aliphatic rings. The van der Waals surface area contributed by atoms with Crippen LogP contribution in [0.4, 0.5) is 5.88 Å². The van der Waals surface area contributed by atoms with Gasteiger partial charge in [0.25, 0.3) is 0 Å². The topological polar surface area (TPSA) is 52.0 Å². The molecule has 19 heavy (non-hydrogen) atoms. The van der Waals surface area contributed by atoms with Crippen molar-refractivity contribution in [3.63, 3.8) is 0 Å². The van der Waals surface area contributed by atoms with Crippen LogP contribution in [0.2, 0.25) is 0 Å². The summed E-state index contributed by atoms with van der Waals surface area (Å²) in [6.45, 7) is 2.09. The van der Waals surface area contributed by atoms with Crippen LogP contribution in [0.3, 0.4) is 0 Å². The molecule has 0 spiro atoms. The molecule has 1 heterocycles. The van der Waals surface area contributed by atoms with Crippen molar-refractivity contribution >= 4 is 5.88 Å². The summed E-state index contributed by atoms with van der Waals surface area (Å²) in [6, 6.07) is 8.38. The number of rotatable bonds is 2. The molecule has 0 amide bonds. The lowest BCUT2D eigenvalue weighted by Gasteiger charge is -2.20. The van der Waals surface area contributed by atoms with Crippen LogP contribution in [0, 0.1) is 6.92 Å². The zero-order valence-electron chi connectivity index (χ0n) is 11.4. The molecule has 0 radical (unpaired) electrons. The Labute approximate surface area is 113 Å². The fourth-order valence-corrected chi connectivity index (χ4v) is 3.06. The van der Waals surface area contributed by atoms with Crippen molar-refractivity contribution in [2.45, 2.75) is 44.9 Å². The number of aromatic nitrogens is 1. The van der Waals surface area contributed by atoms with Gasteiger partial charge >= 0.3 is 0 Å². The maximum absolute atomic E-state index is 6.00. The Morgan fingerprint density at radius 1 is 1.21 bits per heavy atom. The second kappa shape index (κ2) is 5.08. The molecule has 2 aromatic rings. The number of nitrogens with two attached hydrogens (primary N) is 1. The molecule has 1 aliphatic carbocycles. The third kappa shape index (κ3) is 2.37. The Hall–Kier alpha value is -1.77. The SMILES string of the molecule is Cc1cccc(-c2c(C3CCCCC3)noc2N)c1. The van der Waals surface area contributed by atoms with E-state index in [1.165, 1.54) is 37.7 Å². The van der Waals surface area contributed by atoms with E-state index in [2.05, 4.69) is 36.3 Å². The summed E-state index contributed by atoms with van der Waals surface area (Å²) in [6.07, 6.45) is 6.30. The van der Waals surface area contributed by atoms with Crippen molar-refractivity contribution in [2.24, 2.45) is 0 Å². The Bertz CT molecular complexity index is 568. The predicted molar refractivity (Wildman–Crippen MR) is 76.9 cm³/mol. The van der Waals surface area contributed by atoms with Gasteiger partial charge in [0.15, 0.2) is 0 Å². The van der Waals surface area contributed by atoms with E-state index in [0.717, 1.165) is 16.8 Å². The van der Waals surface area contributed by atoms with E-state index in [1.807, 2.05) is 0 Å². The van der Waals surface area contributed by atoms with Gasteiger partial charge in [0, 0.05) is 5.92 Å². The first-order valence-electron chi connectivity index (χ1n) is 7.08. The summed E-state index contributed by atoms with van der Waals surface area (Å²) in [7, 11) is 0. The highest BCUT2D eigenvalue weighted by Crippen LogP contribution is 2.40. The molecule has 1 aromatic carbocycles. The van der Waals surface area contributed by atoms with E-state index < -0.39 is 0 Å². The zero-order chi connectivity index (χ0) is 13.2. The van der Waals surface area contributed by atoms with E-state index in [4.69, 9.17) is 10.3 Å². The van der Waals surface area contributed by atoms with Gasteiger partial charge in [-0.25, -0.2) is 0 Å². The number of hydrogen-bond acceptors (Lipinski definition) is 3. The summed E-state index contributed by atoms with van der Waals surface area (Å²) >= 11 is 0. The first-order chi connectivity index (χ1) is 9.25. The Morgan fingerprint density at radius 2 is 2.00 bits per heavy atom. The summed E-state index contributed by atoms with van der Waals surface area (Å²) in [5.41, 5.74) is 10.4. The maximum atomic E-state index is 6.00. The largest absolute Gasteiger partial charge is 0.367 e. The second-order valence-electron chi connectivity index (χ2n) is 5.51. The third-order valence-electron chi connectivity index (χ3n) is 4.04. The van der Waals surface area contributed by atoms with Crippen LogP contribution in [0.15, 0.2) is 28.8 Å². The highest BCUT2D eigenvalue weighted by Gasteiger charge is 2.25. The van der Waals surface area contributed by atoms with Gasteiger partial charge in [-0.15, -0.1) is 0 Å². The quantitative estimate of drug-likeness (QED) is 0.872. The molecule has 0 unspecified atom stereocenters. The summed E-state index contributed by atoms with van der Waals surface area (Å²) in [5.74, 6) is 0.955. The van der Waals surface area contributed by atoms with E-state index >= 15 is 0 Å². The highest BCUT2D eigenvalue weighted by molar-refractivity contribution is 5.76. The third-order valence-corrected chi connectivity index (χ3v) is 4.04. The minimum absolute atomic E-state index is 0.450. The number of benzene rings is 1. The van der Waals surface area contributed by atoms with Crippen molar-refractivity contribution in [3.05, 3.63) is 35.5 Å². The molecule has 3 heteroatoms. The summed E-state index contributed by atoms with van der Waals surface area (Å²) in [5, 5.41) is 4.25.